The summed E-state index contributed by atoms with van der Waals surface area (Å²) < 4.78 is 10.5. The van der Waals surface area contributed by atoms with Crippen LogP contribution in [0.3, 0.4) is 0 Å². The Labute approximate surface area is 146 Å². The van der Waals surface area contributed by atoms with Gasteiger partial charge in [-0.15, -0.1) is 11.8 Å². The Bertz CT molecular complexity index is 851. The number of carbonyl (C=O) groups excluding carboxylic acids is 1. The van der Waals surface area contributed by atoms with Crippen molar-refractivity contribution < 1.29 is 14.3 Å². The zero-order chi connectivity index (χ0) is 17.1. The van der Waals surface area contributed by atoms with Crippen molar-refractivity contribution in [2.45, 2.75) is 10.2 Å². The third-order valence-corrected chi connectivity index (χ3v) is 4.74. The molecule has 0 atom stereocenters. The van der Waals surface area contributed by atoms with E-state index in [9.17, 15) is 4.79 Å². The van der Waals surface area contributed by atoms with E-state index >= 15 is 0 Å². The molecule has 0 unspecified atom stereocenters. The van der Waals surface area contributed by atoms with Crippen molar-refractivity contribution in [3.63, 3.8) is 0 Å². The molecule has 0 radical (unpaired) electrons. The van der Waals surface area contributed by atoms with Crippen LogP contribution in [0.5, 0.6) is 11.5 Å². The summed E-state index contributed by atoms with van der Waals surface area (Å²) in [6.45, 7) is 0.164. The number of nitrogens with two attached hydrogens (primary N) is 1. The molecule has 1 aromatic heterocycles. The molecule has 3 rings (SSSR count). The van der Waals surface area contributed by atoms with Crippen LogP contribution in [0.15, 0.2) is 28.4 Å². The lowest BCUT2D eigenvalue weighted by Gasteiger charge is -2.06. The van der Waals surface area contributed by atoms with Gasteiger partial charge in [0.05, 0.1) is 5.75 Å². The minimum Gasteiger partial charge on any atom is -0.454 e. The van der Waals surface area contributed by atoms with Crippen molar-refractivity contribution in [3.8, 4) is 17.6 Å². The van der Waals surface area contributed by atoms with Gasteiger partial charge in [-0.2, -0.15) is 5.26 Å². The zero-order valence-corrected chi connectivity index (χ0v) is 14.2. The first-order chi connectivity index (χ1) is 11.6. The molecule has 122 valence electrons. The van der Waals surface area contributed by atoms with Crippen LogP contribution in [0, 0.1) is 11.3 Å². The summed E-state index contributed by atoms with van der Waals surface area (Å²) in [6.07, 6.45) is 1.80. The van der Waals surface area contributed by atoms with E-state index in [-0.39, 0.29) is 29.7 Å². The van der Waals surface area contributed by atoms with Crippen molar-refractivity contribution in [3.05, 3.63) is 29.3 Å². The summed E-state index contributed by atoms with van der Waals surface area (Å²) in [5.41, 5.74) is 6.56. The van der Waals surface area contributed by atoms with Gasteiger partial charge in [0.1, 0.15) is 22.5 Å². The van der Waals surface area contributed by atoms with Gasteiger partial charge in [-0.1, -0.05) is 11.8 Å². The van der Waals surface area contributed by atoms with Crippen molar-refractivity contribution in [2.24, 2.45) is 0 Å². The molecule has 0 bridgehead atoms. The van der Waals surface area contributed by atoms with Gasteiger partial charge in [0.15, 0.2) is 22.4 Å². The molecule has 7 nitrogen and oxygen atoms in total. The maximum atomic E-state index is 12.3. The van der Waals surface area contributed by atoms with E-state index < -0.39 is 0 Å². The van der Waals surface area contributed by atoms with Gasteiger partial charge in [-0.3, -0.25) is 4.79 Å². The minimum absolute atomic E-state index is 0.0875. The molecule has 1 aromatic carbocycles. The summed E-state index contributed by atoms with van der Waals surface area (Å²) in [4.78, 5) is 20.7. The SMILES string of the molecule is CSc1nc(SCC(=O)c2ccc3c(c2)OCO3)nc(N)c1C#N. The van der Waals surface area contributed by atoms with Crippen LogP contribution in [0.25, 0.3) is 0 Å². The van der Waals surface area contributed by atoms with Gasteiger partial charge in [0, 0.05) is 5.56 Å². The van der Waals surface area contributed by atoms with E-state index in [1.807, 2.05) is 6.07 Å². The van der Waals surface area contributed by atoms with E-state index in [0.29, 0.717) is 27.2 Å². The molecule has 0 spiro atoms. The lowest BCUT2D eigenvalue weighted by atomic mass is 10.1. The number of Topliss-reactive ketones (excluding diaryl/α,β-unsaturated/α-hetero) is 1. The van der Waals surface area contributed by atoms with Crippen molar-refractivity contribution in [1.82, 2.24) is 9.97 Å². The Kier molecular flexibility index (Phi) is 4.78. The fourth-order valence-electron chi connectivity index (χ4n) is 2.04. The number of benzene rings is 1. The molecular formula is C15H12N4O3S2. The smallest absolute Gasteiger partial charge is 0.231 e. The first-order valence-corrected chi connectivity index (χ1v) is 9.00. The number of hydrogen-bond acceptors (Lipinski definition) is 9. The number of fused-ring (bicyclic) bond motifs is 1. The molecule has 0 aliphatic carbocycles. The predicted molar refractivity (Wildman–Crippen MR) is 90.6 cm³/mol. The third-order valence-electron chi connectivity index (χ3n) is 3.22. The number of carbonyl (C=O) groups is 1. The molecule has 9 heteroatoms. The van der Waals surface area contributed by atoms with E-state index in [0.717, 1.165) is 0 Å². The van der Waals surface area contributed by atoms with Gasteiger partial charge in [-0.25, -0.2) is 9.97 Å². The Hall–Kier alpha value is -2.44. The van der Waals surface area contributed by atoms with Gasteiger partial charge < -0.3 is 15.2 Å². The van der Waals surface area contributed by atoms with Crippen LogP contribution in [0.1, 0.15) is 15.9 Å². The molecule has 0 amide bonds. The number of thioether (sulfide) groups is 2. The highest BCUT2D eigenvalue weighted by Gasteiger charge is 2.17. The molecule has 2 heterocycles. The van der Waals surface area contributed by atoms with Gasteiger partial charge in [0.25, 0.3) is 0 Å². The number of ketones is 1. The molecule has 1 aliphatic rings. The summed E-state index contributed by atoms with van der Waals surface area (Å²) in [7, 11) is 0. The van der Waals surface area contributed by atoms with E-state index in [2.05, 4.69) is 9.97 Å². The van der Waals surface area contributed by atoms with Gasteiger partial charge >= 0.3 is 0 Å². The molecule has 0 fully saturated rings. The highest BCUT2D eigenvalue weighted by atomic mass is 32.2. The molecule has 2 N–H and O–H groups in total. The molecule has 0 saturated heterocycles. The Balaban J connectivity index is 1.73. The Morgan fingerprint density at radius 2 is 2.17 bits per heavy atom. The van der Waals surface area contributed by atoms with E-state index in [4.69, 9.17) is 20.5 Å². The Morgan fingerprint density at radius 1 is 1.38 bits per heavy atom. The number of hydrogen-bond donors (Lipinski definition) is 1. The average molecular weight is 360 g/mol. The first kappa shape index (κ1) is 16.4. The molecule has 2 aromatic rings. The number of aromatic nitrogens is 2. The molecule has 24 heavy (non-hydrogen) atoms. The summed E-state index contributed by atoms with van der Waals surface area (Å²) >= 11 is 2.48. The highest BCUT2D eigenvalue weighted by molar-refractivity contribution is 8.00. The molecule has 1 aliphatic heterocycles. The monoisotopic (exact) mass is 360 g/mol. The van der Waals surface area contributed by atoms with Crippen molar-refractivity contribution in [2.75, 3.05) is 24.5 Å². The van der Waals surface area contributed by atoms with Crippen LogP contribution in [-0.2, 0) is 0 Å². The Morgan fingerprint density at radius 3 is 2.92 bits per heavy atom. The quantitative estimate of drug-likeness (QED) is 0.371. The number of nitrogens with zero attached hydrogens (tertiary/aromatic N) is 3. The topological polar surface area (TPSA) is 111 Å². The minimum atomic E-state index is -0.0875. The number of nitriles is 1. The normalized spacial score (nSPS) is 12.0. The lowest BCUT2D eigenvalue weighted by Crippen LogP contribution is -2.05. The maximum absolute atomic E-state index is 12.3. The second-order valence-corrected chi connectivity index (χ2v) is 6.40. The molecule has 0 saturated carbocycles. The van der Waals surface area contributed by atoms with Crippen LogP contribution < -0.4 is 15.2 Å². The lowest BCUT2D eigenvalue weighted by molar-refractivity contribution is 0.102. The van der Waals surface area contributed by atoms with Crippen LogP contribution in [-0.4, -0.2) is 34.6 Å². The average Bonchev–Trinajstić information content (AvgIpc) is 3.06. The second-order valence-electron chi connectivity index (χ2n) is 4.67. The summed E-state index contributed by atoms with van der Waals surface area (Å²) in [5.74, 6) is 1.38. The number of nitrogen functional groups attached to an aromatic ring is 1. The maximum Gasteiger partial charge on any atom is 0.231 e. The molecular weight excluding hydrogens is 348 g/mol. The standard InChI is InChI=1S/C15H12N4O3S2/c1-23-14-9(5-16)13(17)18-15(19-14)24-6-10(20)8-2-3-11-12(4-8)22-7-21-11/h2-4H,6-7H2,1H3,(H2,17,18,19). The van der Waals surface area contributed by atoms with Crippen molar-refractivity contribution in [1.29, 1.82) is 5.26 Å². The number of anilines is 1. The summed E-state index contributed by atoms with van der Waals surface area (Å²) in [5, 5.41) is 9.93. The number of ether oxygens (including phenoxy) is 2. The number of rotatable bonds is 5. The van der Waals surface area contributed by atoms with Crippen LogP contribution >= 0.6 is 23.5 Å². The zero-order valence-electron chi connectivity index (χ0n) is 12.6. The second kappa shape index (κ2) is 6.98. The van der Waals surface area contributed by atoms with E-state index in [1.54, 1.807) is 24.5 Å². The highest BCUT2D eigenvalue weighted by Crippen LogP contribution is 2.33. The van der Waals surface area contributed by atoms with Crippen LogP contribution in [0.2, 0.25) is 0 Å². The van der Waals surface area contributed by atoms with Crippen molar-refractivity contribution >= 4 is 35.1 Å². The van der Waals surface area contributed by atoms with Gasteiger partial charge in [-0.05, 0) is 24.5 Å². The predicted octanol–water partition coefficient (Wildman–Crippen LogP) is 2.36. The van der Waals surface area contributed by atoms with Gasteiger partial charge in [0.2, 0.25) is 6.79 Å². The first-order valence-electron chi connectivity index (χ1n) is 6.79. The van der Waals surface area contributed by atoms with Crippen LogP contribution in [0.4, 0.5) is 5.82 Å². The fourth-order valence-corrected chi connectivity index (χ4v) is 3.37. The largest absolute Gasteiger partial charge is 0.454 e. The third kappa shape index (κ3) is 3.25. The summed E-state index contributed by atoms with van der Waals surface area (Å²) in [6, 6.07) is 7.05. The van der Waals surface area contributed by atoms with E-state index in [1.165, 1.54) is 23.5 Å². The fraction of sp³-hybridized carbons (Fsp3) is 0.200.